The summed E-state index contributed by atoms with van der Waals surface area (Å²) in [7, 11) is -1.75. The Kier molecular flexibility index (Phi) is 5.29. The zero-order valence-electron chi connectivity index (χ0n) is 17.9. The van der Waals surface area contributed by atoms with Crippen LogP contribution in [0.2, 0.25) is 18.1 Å². The Morgan fingerprint density at radius 1 is 1.31 bits per heavy atom. The van der Waals surface area contributed by atoms with Crippen molar-refractivity contribution < 1.29 is 9.22 Å². The molecule has 29 heavy (non-hydrogen) atoms. The fraction of sp³-hybridized carbons (Fsp3) is 0.571. The van der Waals surface area contributed by atoms with Crippen LogP contribution in [-0.2, 0) is 10.8 Å². The first kappa shape index (κ1) is 20.5. The number of nitrogens with one attached hydrogen (secondary N) is 1. The number of anilines is 1. The number of hydrogen-bond acceptors (Lipinski definition) is 6. The van der Waals surface area contributed by atoms with Crippen LogP contribution in [0, 0.1) is 0 Å². The number of pyridine rings is 1. The maximum absolute atomic E-state index is 12.0. The maximum Gasteiger partial charge on any atom is 0.263 e. The van der Waals surface area contributed by atoms with E-state index >= 15 is 0 Å². The molecule has 1 amide bonds. The fourth-order valence-corrected chi connectivity index (χ4v) is 5.92. The normalized spacial score (nSPS) is 20.0. The van der Waals surface area contributed by atoms with Crippen molar-refractivity contribution in [3.8, 4) is 10.6 Å². The molecule has 0 bridgehead atoms. The average molecular weight is 431 g/mol. The van der Waals surface area contributed by atoms with Gasteiger partial charge in [-0.05, 0) is 36.7 Å². The Bertz CT molecular complexity index is 904. The summed E-state index contributed by atoms with van der Waals surface area (Å²) >= 11 is 1.45. The molecule has 156 valence electrons. The molecule has 1 saturated heterocycles. The number of thiazole rings is 1. The van der Waals surface area contributed by atoms with Gasteiger partial charge in [0, 0.05) is 37.8 Å². The minimum atomic E-state index is -1.75. The summed E-state index contributed by atoms with van der Waals surface area (Å²) < 4.78 is 6.59. The number of aromatic nitrogens is 2. The molecule has 0 radical (unpaired) electrons. The molecule has 0 saturated carbocycles. The molecule has 1 atom stereocenters. The average Bonchev–Trinajstić information content (AvgIpc) is 3.28. The number of fused-ring (bicyclic) bond motifs is 1. The van der Waals surface area contributed by atoms with Gasteiger partial charge in [-0.3, -0.25) is 4.79 Å². The van der Waals surface area contributed by atoms with Gasteiger partial charge in [0.1, 0.15) is 15.7 Å². The van der Waals surface area contributed by atoms with Crippen LogP contribution in [-0.4, -0.2) is 49.9 Å². The number of carbonyl (C=O) groups excluding carboxylic acids is 1. The quantitative estimate of drug-likeness (QED) is 0.740. The molecule has 0 spiro atoms. The third-order valence-corrected chi connectivity index (χ3v) is 12.0. The highest BCUT2D eigenvalue weighted by Gasteiger charge is 2.40. The molecule has 0 aromatic carbocycles. The molecule has 2 aromatic rings. The van der Waals surface area contributed by atoms with Gasteiger partial charge in [-0.15, -0.1) is 11.3 Å². The Morgan fingerprint density at radius 3 is 2.76 bits per heavy atom. The van der Waals surface area contributed by atoms with Crippen molar-refractivity contribution in [1.29, 1.82) is 0 Å². The van der Waals surface area contributed by atoms with E-state index in [9.17, 15) is 4.79 Å². The van der Waals surface area contributed by atoms with Gasteiger partial charge in [0.05, 0.1) is 11.8 Å². The van der Waals surface area contributed by atoms with Crippen molar-refractivity contribution >= 4 is 31.4 Å². The number of carbonyl (C=O) groups is 1. The topological polar surface area (TPSA) is 67.3 Å². The molecule has 2 aliphatic rings. The number of nitrogens with zero attached hydrogens (tertiary/aromatic N) is 3. The summed E-state index contributed by atoms with van der Waals surface area (Å²) in [5.41, 5.74) is 1.87. The maximum atomic E-state index is 12.0. The molecule has 4 heterocycles. The summed E-state index contributed by atoms with van der Waals surface area (Å²) in [5.74, 6) is 0.971. The van der Waals surface area contributed by atoms with Crippen molar-refractivity contribution in [3.05, 3.63) is 28.9 Å². The van der Waals surface area contributed by atoms with Crippen LogP contribution in [0.4, 0.5) is 5.82 Å². The molecule has 1 N–H and O–H groups in total. The van der Waals surface area contributed by atoms with Gasteiger partial charge >= 0.3 is 0 Å². The van der Waals surface area contributed by atoms with Gasteiger partial charge in [0.2, 0.25) is 0 Å². The Morgan fingerprint density at radius 2 is 2.10 bits per heavy atom. The molecule has 8 heteroatoms. The van der Waals surface area contributed by atoms with Gasteiger partial charge in [0.15, 0.2) is 8.32 Å². The molecular formula is C21H30N4O2SSi. The number of hydrogen-bond donors (Lipinski definition) is 1. The third kappa shape index (κ3) is 4.11. The zero-order chi connectivity index (χ0) is 20.8. The lowest BCUT2D eigenvalue weighted by Crippen LogP contribution is -2.44. The minimum absolute atomic E-state index is 0.00980. The largest absolute Gasteiger partial charge is 0.412 e. The van der Waals surface area contributed by atoms with Crippen LogP contribution < -0.4 is 10.2 Å². The van der Waals surface area contributed by atoms with Gasteiger partial charge in [-0.2, -0.15) is 0 Å². The van der Waals surface area contributed by atoms with E-state index in [4.69, 9.17) is 4.43 Å². The molecule has 0 unspecified atom stereocenters. The second-order valence-electron chi connectivity index (χ2n) is 9.44. The van der Waals surface area contributed by atoms with Crippen LogP contribution in [0.1, 0.15) is 42.6 Å². The summed E-state index contributed by atoms with van der Waals surface area (Å²) in [4.78, 5) is 24.4. The lowest BCUT2D eigenvalue weighted by Gasteiger charge is -2.38. The second kappa shape index (κ2) is 7.48. The summed E-state index contributed by atoms with van der Waals surface area (Å²) in [6.45, 7) is 14.0. The zero-order valence-corrected chi connectivity index (χ0v) is 19.7. The second-order valence-corrected chi connectivity index (χ2v) is 15.2. The van der Waals surface area contributed by atoms with Crippen molar-refractivity contribution in [2.75, 3.05) is 24.5 Å². The molecule has 2 aliphatic heterocycles. The summed E-state index contributed by atoms with van der Waals surface area (Å²) in [5, 5.41) is 3.97. The smallest absolute Gasteiger partial charge is 0.263 e. The van der Waals surface area contributed by atoms with E-state index < -0.39 is 8.32 Å². The van der Waals surface area contributed by atoms with E-state index in [2.05, 4.69) is 66.2 Å². The first-order chi connectivity index (χ1) is 13.6. The molecule has 0 aliphatic carbocycles. The lowest BCUT2D eigenvalue weighted by atomic mass is 10.2. The van der Waals surface area contributed by atoms with Crippen LogP contribution in [0.25, 0.3) is 10.6 Å². The monoisotopic (exact) mass is 430 g/mol. The van der Waals surface area contributed by atoms with E-state index in [0.717, 1.165) is 52.9 Å². The summed E-state index contributed by atoms with van der Waals surface area (Å²) in [6.07, 6.45) is 4.00. The SMILES string of the molecule is CC(C)(C)[Si](C)(C)O[C@H]1CCN(c2ccc(-c3nc4c(s3)C(=O)NCC4)cn2)C1. The van der Waals surface area contributed by atoms with Gasteiger partial charge in [-0.25, -0.2) is 9.97 Å². The lowest BCUT2D eigenvalue weighted by molar-refractivity contribution is 0.0950. The highest BCUT2D eigenvalue weighted by molar-refractivity contribution is 7.17. The highest BCUT2D eigenvalue weighted by atomic mass is 32.1. The predicted molar refractivity (Wildman–Crippen MR) is 120 cm³/mol. The number of amides is 1. The molecule has 1 fully saturated rings. The molecule has 4 rings (SSSR count). The van der Waals surface area contributed by atoms with E-state index in [-0.39, 0.29) is 17.0 Å². The third-order valence-electron chi connectivity index (χ3n) is 6.28. The van der Waals surface area contributed by atoms with Gasteiger partial charge in [0.25, 0.3) is 5.91 Å². The van der Waals surface area contributed by atoms with E-state index in [1.807, 2.05) is 6.20 Å². The van der Waals surface area contributed by atoms with E-state index in [1.165, 1.54) is 11.3 Å². The van der Waals surface area contributed by atoms with Gasteiger partial charge in [-0.1, -0.05) is 20.8 Å². The predicted octanol–water partition coefficient (Wildman–Crippen LogP) is 4.09. The first-order valence-corrected chi connectivity index (χ1v) is 14.0. The Balaban J connectivity index is 1.43. The fourth-order valence-electron chi connectivity index (χ4n) is 3.52. The minimum Gasteiger partial charge on any atom is -0.412 e. The highest BCUT2D eigenvalue weighted by Crippen LogP contribution is 2.38. The van der Waals surface area contributed by atoms with Crippen LogP contribution in [0.5, 0.6) is 0 Å². The standard InChI is InChI=1S/C21H30N4O2SSi/c1-21(2,3)29(4,5)27-15-9-11-25(13-15)17-7-6-14(12-23-17)20-24-16-8-10-22-19(26)18(16)28-20/h6-7,12,15H,8-11,13H2,1-5H3,(H,22,26)/t15-/m0/s1. The van der Waals surface area contributed by atoms with Crippen LogP contribution in [0.3, 0.4) is 0 Å². The Hall–Kier alpha value is -1.77. The van der Waals surface area contributed by atoms with Crippen LogP contribution >= 0.6 is 11.3 Å². The van der Waals surface area contributed by atoms with Gasteiger partial charge < -0.3 is 14.6 Å². The molecule has 2 aromatic heterocycles. The van der Waals surface area contributed by atoms with Crippen molar-refractivity contribution in [1.82, 2.24) is 15.3 Å². The van der Waals surface area contributed by atoms with Crippen molar-refractivity contribution in [2.24, 2.45) is 0 Å². The van der Waals surface area contributed by atoms with E-state index in [0.29, 0.717) is 6.54 Å². The Labute approximate surface area is 177 Å². The van der Waals surface area contributed by atoms with Crippen molar-refractivity contribution in [2.45, 2.75) is 57.8 Å². The molecular weight excluding hydrogens is 400 g/mol. The van der Waals surface area contributed by atoms with Crippen LogP contribution in [0.15, 0.2) is 18.3 Å². The summed E-state index contributed by atoms with van der Waals surface area (Å²) in [6, 6.07) is 4.12. The molecule has 6 nitrogen and oxygen atoms in total. The van der Waals surface area contributed by atoms with E-state index in [1.54, 1.807) is 0 Å². The van der Waals surface area contributed by atoms with Crippen molar-refractivity contribution in [3.63, 3.8) is 0 Å². The first-order valence-electron chi connectivity index (χ1n) is 10.3. The number of rotatable bonds is 4.